The van der Waals surface area contributed by atoms with Gasteiger partial charge in [-0.05, 0) is 127 Å². The van der Waals surface area contributed by atoms with Gasteiger partial charge in [0.2, 0.25) is 5.88 Å². The summed E-state index contributed by atoms with van der Waals surface area (Å²) in [6.45, 7) is 0. The molecule has 4 heteroatoms. The van der Waals surface area contributed by atoms with Crippen LogP contribution < -0.4 is 4.74 Å². The highest BCUT2D eigenvalue weighted by atomic mass is 16.5. The van der Waals surface area contributed by atoms with Gasteiger partial charge >= 0.3 is 0 Å². The van der Waals surface area contributed by atoms with Crippen LogP contribution in [0, 0.1) is 0 Å². The van der Waals surface area contributed by atoms with E-state index < -0.39 is 0 Å². The van der Waals surface area contributed by atoms with Crippen molar-refractivity contribution in [1.82, 2.24) is 14.5 Å². The zero-order valence-corrected chi connectivity index (χ0v) is 33.8. The number of benzene rings is 8. The predicted octanol–water partition coefficient (Wildman–Crippen LogP) is 15.4. The molecule has 0 atom stereocenters. The van der Waals surface area contributed by atoms with Crippen LogP contribution in [0.3, 0.4) is 0 Å². The Bertz CT molecular complexity index is 3350. The first-order valence-electron chi connectivity index (χ1n) is 20.9. The molecule has 0 aliphatic heterocycles. The molecular formula is C58H39N3O. The smallest absolute Gasteiger partial charge is 0.219 e. The maximum absolute atomic E-state index is 6.72. The molecule has 11 aromatic rings. The van der Waals surface area contributed by atoms with Crippen LogP contribution in [0.15, 0.2) is 237 Å². The van der Waals surface area contributed by atoms with E-state index in [1.807, 2.05) is 48.8 Å². The lowest BCUT2D eigenvalue weighted by molar-refractivity contribution is 0.463. The van der Waals surface area contributed by atoms with Crippen LogP contribution >= 0.6 is 0 Å². The van der Waals surface area contributed by atoms with E-state index in [9.17, 15) is 0 Å². The topological polar surface area (TPSA) is 39.9 Å². The molecule has 11 rings (SSSR count). The second-order valence-corrected chi connectivity index (χ2v) is 15.4. The van der Waals surface area contributed by atoms with Crippen molar-refractivity contribution in [3.8, 4) is 84.2 Å². The molecule has 62 heavy (non-hydrogen) atoms. The highest BCUT2D eigenvalue weighted by Gasteiger charge is 2.20. The van der Waals surface area contributed by atoms with Crippen molar-refractivity contribution < 1.29 is 4.74 Å². The standard InChI is InChI=1S/C58H39N3O/c1-6-16-40(17-7-1)45-26-27-55-53(35-45)54-38-51(44-24-14-5-15-25-44)52(39-56(54)61(55)57-36-46(28-30-59-57)41-18-8-2-9-19-41)49-32-48(43-22-12-4-13-23-43)33-50(34-49)62-58-37-47(29-31-60-58)42-20-10-3-11-21-42/h1-39H. The summed E-state index contributed by atoms with van der Waals surface area (Å²) in [6, 6.07) is 79.0. The number of aromatic nitrogens is 3. The van der Waals surface area contributed by atoms with Gasteiger partial charge in [-0.2, -0.15) is 0 Å². The highest BCUT2D eigenvalue weighted by Crippen LogP contribution is 2.44. The molecule has 3 aromatic heterocycles. The van der Waals surface area contributed by atoms with E-state index in [1.54, 1.807) is 0 Å². The molecule has 4 nitrogen and oxygen atoms in total. The lowest BCUT2D eigenvalue weighted by atomic mass is 9.90. The summed E-state index contributed by atoms with van der Waals surface area (Å²) in [5.41, 5.74) is 15.4. The molecule has 0 fully saturated rings. The van der Waals surface area contributed by atoms with Crippen LogP contribution in [0.1, 0.15) is 0 Å². The molecule has 0 bridgehead atoms. The van der Waals surface area contributed by atoms with Gasteiger partial charge in [-0.1, -0.05) is 158 Å². The molecular weight excluding hydrogens is 755 g/mol. The van der Waals surface area contributed by atoms with E-state index in [1.165, 1.54) is 5.56 Å². The molecule has 292 valence electrons. The molecule has 0 radical (unpaired) electrons. The van der Waals surface area contributed by atoms with Crippen molar-refractivity contribution in [2.45, 2.75) is 0 Å². The van der Waals surface area contributed by atoms with Crippen LogP contribution in [0.2, 0.25) is 0 Å². The predicted molar refractivity (Wildman–Crippen MR) is 256 cm³/mol. The molecule has 0 aliphatic rings. The van der Waals surface area contributed by atoms with E-state index in [2.05, 4.69) is 198 Å². The van der Waals surface area contributed by atoms with Crippen molar-refractivity contribution in [3.63, 3.8) is 0 Å². The van der Waals surface area contributed by atoms with Crippen molar-refractivity contribution in [2.24, 2.45) is 0 Å². The van der Waals surface area contributed by atoms with Gasteiger partial charge in [0.15, 0.2) is 0 Å². The second-order valence-electron chi connectivity index (χ2n) is 15.4. The molecule has 0 saturated carbocycles. The first-order valence-corrected chi connectivity index (χ1v) is 20.9. The molecule has 8 aromatic carbocycles. The number of hydrogen-bond donors (Lipinski definition) is 0. The van der Waals surface area contributed by atoms with Gasteiger partial charge in [0, 0.05) is 29.2 Å². The maximum Gasteiger partial charge on any atom is 0.219 e. The van der Waals surface area contributed by atoms with Crippen molar-refractivity contribution in [2.75, 3.05) is 0 Å². The van der Waals surface area contributed by atoms with Gasteiger partial charge in [-0.25, -0.2) is 9.97 Å². The van der Waals surface area contributed by atoms with Gasteiger partial charge in [0.05, 0.1) is 11.0 Å². The van der Waals surface area contributed by atoms with Crippen LogP contribution in [-0.4, -0.2) is 14.5 Å². The lowest BCUT2D eigenvalue weighted by Crippen LogP contribution is -1.98. The Balaban J connectivity index is 1.16. The zero-order chi connectivity index (χ0) is 41.2. The van der Waals surface area contributed by atoms with Gasteiger partial charge in [-0.3, -0.25) is 4.57 Å². The summed E-state index contributed by atoms with van der Waals surface area (Å²) in [4.78, 5) is 9.72. The molecule has 3 heterocycles. The van der Waals surface area contributed by atoms with Gasteiger partial charge in [0.1, 0.15) is 11.6 Å². The largest absolute Gasteiger partial charge is 0.439 e. The first kappa shape index (κ1) is 36.7. The summed E-state index contributed by atoms with van der Waals surface area (Å²) < 4.78 is 9.04. The summed E-state index contributed by atoms with van der Waals surface area (Å²) in [7, 11) is 0. The number of rotatable bonds is 9. The van der Waals surface area contributed by atoms with Crippen molar-refractivity contribution in [3.05, 3.63) is 237 Å². The van der Waals surface area contributed by atoms with E-state index in [4.69, 9.17) is 9.72 Å². The number of nitrogens with zero attached hydrogens (tertiary/aromatic N) is 3. The Morgan fingerprint density at radius 2 is 0.790 bits per heavy atom. The normalized spacial score (nSPS) is 11.2. The SMILES string of the molecule is c1ccc(-c2cc(Oc3cc(-c4ccccc4)ccn3)cc(-c3cc4c(cc3-c3ccccc3)c3cc(-c5ccccc5)ccc3n4-c3cc(-c4ccccc4)ccn3)c2)cc1. The fourth-order valence-corrected chi connectivity index (χ4v) is 8.58. The maximum atomic E-state index is 6.72. The number of pyridine rings is 2. The minimum Gasteiger partial charge on any atom is -0.439 e. The monoisotopic (exact) mass is 793 g/mol. The Labute approximate surface area is 360 Å². The molecule has 0 amide bonds. The van der Waals surface area contributed by atoms with E-state index in [-0.39, 0.29) is 0 Å². The Hall–Kier alpha value is -8.34. The molecule has 0 unspecified atom stereocenters. The van der Waals surface area contributed by atoms with E-state index in [0.29, 0.717) is 11.6 Å². The van der Waals surface area contributed by atoms with Crippen LogP contribution in [0.4, 0.5) is 0 Å². The third-order valence-electron chi connectivity index (χ3n) is 11.6. The Kier molecular flexibility index (Phi) is 9.49. The summed E-state index contributed by atoms with van der Waals surface area (Å²) in [6.07, 6.45) is 3.73. The average molecular weight is 794 g/mol. The lowest BCUT2D eigenvalue weighted by Gasteiger charge is -2.16. The van der Waals surface area contributed by atoms with Crippen molar-refractivity contribution >= 4 is 21.8 Å². The Morgan fingerprint density at radius 3 is 1.40 bits per heavy atom. The average Bonchev–Trinajstić information content (AvgIpc) is 3.67. The van der Waals surface area contributed by atoms with Crippen LogP contribution in [0.5, 0.6) is 11.6 Å². The first-order chi connectivity index (χ1) is 30.7. The van der Waals surface area contributed by atoms with Crippen LogP contribution in [-0.2, 0) is 0 Å². The van der Waals surface area contributed by atoms with E-state index >= 15 is 0 Å². The number of ether oxygens (including phenoxy) is 1. The Morgan fingerprint density at radius 1 is 0.306 bits per heavy atom. The minimum atomic E-state index is 0.528. The third kappa shape index (κ3) is 7.10. The summed E-state index contributed by atoms with van der Waals surface area (Å²) in [5, 5.41) is 2.30. The number of hydrogen-bond acceptors (Lipinski definition) is 3. The van der Waals surface area contributed by atoms with Crippen LogP contribution in [0.25, 0.3) is 94.4 Å². The zero-order valence-electron chi connectivity index (χ0n) is 33.8. The number of fused-ring (bicyclic) bond motifs is 3. The second kappa shape index (κ2) is 16.0. The summed E-state index contributed by atoms with van der Waals surface area (Å²) >= 11 is 0. The fraction of sp³-hybridized carbons (Fsp3) is 0. The molecule has 0 spiro atoms. The molecule has 0 saturated heterocycles. The van der Waals surface area contributed by atoms with Gasteiger partial charge in [0.25, 0.3) is 0 Å². The molecule has 0 N–H and O–H groups in total. The molecule has 0 aliphatic carbocycles. The highest BCUT2D eigenvalue weighted by molar-refractivity contribution is 6.13. The van der Waals surface area contributed by atoms with Gasteiger partial charge in [-0.15, -0.1) is 0 Å². The van der Waals surface area contributed by atoms with Crippen molar-refractivity contribution in [1.29, 1.82) is 0 Å². The summed E-state index contributed by atoms with van der Waals surface area (Å²) in [5.74, 6) is 2.08. The third-order valence-corrected chi connectivity index (χ3v) is 11.6. The fourth-order valence-electron chi connectivity index (χ4n) is 8.58. The quantitative estimate of drug-likeness (QED) is 0.146. The van der Waals surface area contributed by atoms with Gasteiger partial charge < -0.3 is 4.74 Å². The van der Waals surface area contributed by atoms with E-state index in [0.717, 1.165) is 88.8 Å². The minimum absolute atomic E-state index is 0.528.